The first-order valence-corrected chi connectivity index (χ1v) is 9.12. The predicted octanol–water partition coefficient (Wildman–Crippen LogP) is 4.62. The maximum atomic E-state index is 6.46. The summed E-state index contributed by atoms with van der Waals surface area (Å²) in [6.45, 7) is 0. The van der Waals surface area contributed by atoms with E-state index in [2.05, 4.69) is 10.1 Å². The van der Waals surface area contributed by atoms with Gasteiger partial charge in [-0.25, -0.2) is 0 Å². The van der Waals surface area contributed by atoms with E-state index in [1.54, 1.807) is 12.1 Å². The van der Waals surface area contributed by atoms with E-state index in [4.69, 9.17) is 26.6 Å². The Morgan fingerprint density at radius 3 is 2.42 bits per heavy atom. The average Bonchev–Trinajstić information content (AvgIpc) is 3.32. The summed E-state index contributed by atoms with van der Waals surface area (Å²) in [6.07, 6.45) is 3.41. The molecule has 1 unspecified atom stereocenters. The lowest BCUT2D eigenvalue weighted by molar-refractivity contribution is 0.193. The summed E-state index contributed by atoms with van der Waals surface area (Å²) in [6, 6.07) is 17.0. The number of halogens is 1. The van der Waals surface area contributed by atoms with Crippen molar-refractivity contribution in [3.63, 3.8) is 0 Å². The number of aromatic nitrogens is 2. The van der Waals surface area contributed by atoms with Gasteiger partial charge in [-0.2, -0.15) is 4.98 Å². The highest BCUT2D eigenvalue weighted by Gasteiger charge is 2.37. The van der Waals surface area contributed by atoms with E-state index in [-0.39, 0.29) is 0 Å². The van der Waals surface area contributed by atoms with Crippen LogP contribution in [-0.2, 0) is 5.54 Å². The zero-order valence-corrected chi connectivity index (χ0v) is 15.0. The molecule has 3 aromatic rings. The largest absolute Gasteiger partial charge is 0.476 e. The summed E-state index contributed by atoms with van der Waals surface area (Å²) in [4.78, 5) is 4.60. The summed E-state index contributed by atoms with van der Waals surface area (Å²) in [5, 5.41) is 4.81. The van der Waals surface area contributed by atoms with E-state index in [9.17, 15) is 0 Å². The van der Waals surface area contributed by atoms with E-state index in [1.165, 1.54) is 0 Å². The van der Waals surface area contributed by atoms with Gasteiger partial charge in [0.2, 0.25) is 6.10 Å². The number of ether oxygens (including phenoxy) is 1. The van der Waals surface area contributed by atoms with Gasteiger partial charge in [-0.1, -0.05) is 59.9 Å². The minimum absolute atomic E-state index is 0.401. The molecule has 2 N–H and O–H groups in total. The standard InChI is InChI=1S/C20H20ClN3O2/c21-15-8-10-16(11-9-15)25-17(14-6-2-1-3-7-14)18-23-19(24-26-18)20(22)12-4-5-13-20/h1-3,6-11,17H,4-5,12-13,22H2. The first kappa shape index (κ1) is 17.1. The fourth-order valence-corrected chi connectivity index (χ4v) is 3.44. The van der Waals surface area contributed by atoms with Gasteiger partial charge in [0.1, 0.15) is 5.75 Å². The van der Waals surface area contributed by atoms with Crippen LogP contribution in [-0.4, -0.2) is 10.1 Å². The molecule has 1 aromatic heterocycles. The van der Waals surface area contributed by atoms with Crippen LogP contribution in [0.5, 0.6) is 5.75 Å². The van der Waals surface area contributed by atoms with Crippen molar-refractivity contribution in [2.75, 3.05) is 0 Å². The van der Waals surface area contributed by atoms with Crippen molar-refractivity contribution in [3.05, 3.63) is 76.9 Å². The van der Waals surface area contributed by atoms with Gasteiger partial charge in [0.05, 0.1) is 5.54 Å². The summed E-state index contributed by atoms with van der Waals surface area (Å²) in [5.41, 5.74) is 6.89. The molecule has 6 heteroatoms. The molecule has 4 rings (SSSR count). The molecule has 5 nitrogen and oxygen atoms in total. The van der Waals surface area contributed by atoms with E-state index < -0.39 is 11.6 Å². The fourth-order valence-electron chi connectivity index (χ4n) is 3.31. The van der Waals surface area contributed by atoms with Crippen molar-refractivity contribution in [1.29, 1.82) is 0 Å². The predicted molar refractivity (Wildman–Crippen MR) is 99.0 cm³/mol. The second kappa shape index (κ2) is 7.09. The van der Waals surface area contributed by atoms with Crippen molar-refractivity contribution >= 4 is 11.6 Å². The van der Waals surface area contributed by atoms with Crippen LogP contribution in [0.1, 0.15) is 49.1 Å². The fraction of sp³-hybridized carbons (Fsp3) is 0.300. The lowest BCUT2D eigenvalue weighted by Crippen LogP contribution is -2.34. The van der Waals surface area contributed by atoms with Gasteiger partial charge in [0.15, 0.2) is 5.82 Å². The molecule has 1 heterocycles. The van der Waals surface area contributed by atoms with Gasteiger partial charge in [0, 0.05) is 10.6 Å². The second-order valence-corrected chi connectivity index (χ2v) is 7.12. The van der Waals surface area contributed by atoms with Crippen LogP contribution in [0.15, 0.2) is 59.1 Å². The van der Waals surface area contributed by atoms with Gasteiger partial charge >= 0.3 is 0 Å². The highest BCUT2D eigenvalue weighted by Crippen LogP contribution is 2.36. The van der Waals surface area contributed by atoms with Crippen LogP contribution in [0, 0.1) is 0 Å². The molecule has 0 aliphatic heterocycles. The van der Waals surface area contributed by atoms with Crippen molar-refractivity contribution < 1.29 is 9.26 Å². The number of nitrogens with zero attached hydrogens (tertiary/aromatic N) is 2. The van der Waals surface area contributed by atoms with Gasteiger partial charge in [-0.15, -0.1) is 0 Å². The van der Waals surface area contributed by atoms with Gasteiger partial charge in [-0.05, 0) is 37.1 Å². The zero-order chi connectivity index (χ0) is 18.0. The normalized spacial score (nSPS) is 17.2. The first-order chi connectivity index (χ1) is 12.6. The maximum absolute atomic E-state index is 6.46. The Balaban J connectivity index is 1.67. The Hall–Kier alpha value is -2.37. The van der Waals surface area contributed by atoms with Crippen LogP contribution >= 0.6 is 11.6 Å². The molecule has 0 radical (unpaired) electrons. The van der Waals surface area contributed by atoms with Crippen LogP contribution in [0.25, 0.3) is 0 Å². The van der Waals surface area contributed by atoms with Gasteiger partial charge in [-0.3, -0.25) is 0 Å². The van der Waals surface area contributed by atoms with Crippen molar-refractivity contribution in [2.24, 2.45) is 5.73 Å². The molecule has 1 saturated carbocycles. The molecule has 0 bridgehead atoms. The van der Waals surface area contributed by atoms with E-state index in [0.29, 0.717) is 22.5 Å². The molecule has 1 aliphatic carbocycles. The number of rotatable bonds is 5. The monoisotopic (exact) mass is 369 g/mol. The van der Waals surface area contributed by atoms with Gasteiger partial charge < -0.3 is 15.0 Å². The number of hydrogen-bond donors (Lipinski definition) is 1. The number of benzene rings is 2. The third-order valence-electron chi connectivity index (χ3n) is 4.78. The Kier molecular flexibility index (Phi) is 4.66. The maximum Gasteiger partial charge on any atom is 0.272 e. The highest BCUT2D eigenvalue weighted by atomic mass is 35.5. The minimum atomic E-state index is -0.511. The van der Waals surface area contributed by atoms with E-state index in [1.807, 2.05) is 42.5 Å². The molecule has 26 heavy (non-hydrogen) atoms. The molecule has 0 saturated heterocycles. The first-order valence-electron chi connectivity index (χ1n) is 8.74. The smallest absolute Gasteiger partial charge is 0.272 e. The molecular formula is C20H20ClN3O2. The Morgan fingerprint density at radius 2 is 1.73 bits per heavy atom. The molecular weight excluding hydrogens is 350 g/mol. The van der Waals surface area contributed by atoms with E-state index >= 15 is 0 Å². The Labute approximate surface area is 157 Å². The summed E-state index contributed by atoms with van der Waals surface area (Å²) in [7, 11) is 0. The molecule has 1 atom stereocenters. The molecule has 0 spiro atoms. The second-order valence-electron chi connectivity index (χ2n) is 6.68. The topological polar surface area (TPSA) is 74.2 Å². The van der Waals surface area contributed by atoms with Crippen molar-refractivity contribution in [3.8, 4) is 5.75 Å². The Bertz CT molecular complexity index is 858. The third kappa shape index (κ3) is 3.45. The lowest BCUT2D eigenvalue weighted by Gasteiger charge is -2.18. The third-order valence-corrected chi connectivity index (χ3v) is 5.03. The number of nitrogens with two attached hydrogens (primary N) is 1. The van der Waals surface area contributed by atoms with Crippen LogP contribution in [0.3, 0.4) is 0 Å². The van der Waals surface area contributed by atoms with Crippen LogP contribution in [0.4, 0.5) is 0 Å². The molecule has 134 valence electrons. The molecule has 1 fully saturated rings. The number of hydrogen-bond acceptors (Lipinski definition) is 5. The molecule has 2 aromatic carbocycles. The van der Waals surface area contributed by atoms with Crippen LogP contribution in [0.2, 0.25) is 5.02 Å². The molecule has 1 aliphatic rings. The quantitative estimate of drug-likeness (QED) is 0.710. The minimum Gasteiger partial charge on any atom is -0.476 e. The highest BCUT2D eigenvalue weighted by molar-refractivity contribution is 6.30. The van der Waals surface area contributed by atoms with Crippen LogP contribution < -0.4 is 10.5 Å². The van der Waals surface area contributed by atoms with Gasteiger partial charge in [0.25, 0.3) is 5.89 Å². The SMILES string of the molecule is NC1(c2noc(C(Oc3ccc(Cl)cc3)c3ccccc3)n2)CCCC1. The summed E-state index contributed by atoms with van der Waals surface area (Å²) in [5.74, 6) is 1.63. The van der Waals surface area contributed by atoms with Crippen molar-refractivity contribution in [1.82, 2.24) is 10.1 Å². The average molecular weight is 370 g/mol. The summed E-state index contributed by atoms with van der Waals surface area (Å²) >= 11 is 5.96. The van der Waals surface area contributed by atoms with Crippen molar-refractivity contribution in [2.45, 2.75) is 37.3 Å². The summed E-state index contributed by atoms with van der Waals surface area (Å²) < 4.78 is 11.7. The molecule has 0 amide bonds. The lowest BCUT2D eigenvalue weighted by atomic mass is 9.98. The Morgan fingerprint density at radius 1 is 1.04 bits per heavy atom. The zero-order valence-electron chi connectivity index (χ0n) is 14.3. The van der Waals surface area contributed by atoms with E-state index in [0.717, 1.165) is 31.2 Å².